The van der Waals surface area contributed by atoms with Crippen molar-refractivity contribution in [1.82, 2.24) is 15.5 Å². The van der Waals surface area contributed by atoms with Crippen molar-refractivity contribution in [1.29, 1.82) is 0 Å². The zero-order valence-electron chi connectivity index (χ0n) is 18.0. The Balaban J connectivity index is 1.39. The zero-order chi connectivity index (χ0) is 21.3. The summed E-state index contributed by atoms with van der Waals surface area (Å²) < 4.78 is 11.2. The molecule has 2 aromatic rings. The number of urea groups is 1. The number of rotatable bonds is 8. The fourth-order valence-electron chi connectivity index (χ4n) is 4.55. The molecular weight excluding hydrogens is 390 g/mol. The Bertz CT molecular complexity index is 790. The lowest BCUT2D eigenvalue weighted by Crippen LogP contribution is -2.53. The molecule has 2 aromatic carbocycles. The maximum atomic E-state index is 12.9. The van der Waals surface area contributed by atoms with Crippen LogP contribution < -0.4 is 10.6 Å². The number of carbonyl (C=O) groups excluding carboxylic acids is 1. The topological polar surface area (TPSA) is 62.8 Å². The molecule has 166 valence electrons. The molecule has 0 bridgehead atoms. The minimum absolute atomic E-state index is 0.0831. The van der Waals surface area contributed by atoms with Gasteiger partial charge in [0.1, 0.15) is 0 Å². The van der Waals surface area contributed by atoms with Crippen molar-refractivity contribution >= 4 is 6.03 Å². The minimum atomic E-state index is -0.123. The zero-order valence-corrected chi connectivity index (χ0v) is 18.0. The second-order valence-corrected chi connectivity index (χ2v) is 8.35. The Morgan fingerprint density at radius 1 is 0.968 bits per heavy atom. The molecule has 0 radical (unpaired) electrons. The van der Waals surface area contributed by atoms with E-state index in [0.29, 0.717) is 12.5 Å². The Morgan fingerprint density at radius 3 is 2.35 bits per heavy atom. The highest BCUT2D eigenvalue weighted by molar-refractivity contribution is 5.74. The fourth-order valence-corrected chi connectivity index (χ4v) is 4.55. The van der Waals surface area contributed by atoms with E-state index in [4.69, 9.17) is 9.47 Å². The Morgan fingerprint density at radius 2 is 1.68 bits per heavy atom. The van der Waals surface area contributed by atoms with Crippen molar-refractivity contribution in [3.8, 4) is 0 Å². The van der Waals surface area contributed by atoms with Gasteiger partial charge in [-0.1, -0.05) is 60.7 Å². The molecule has 2 N–H and O–H groups in total. The van der Waals surface area contributed by atoms with Crippen LogP contribution in [0, 0.1) is 5.92 Å². The summed E-state index contributed by atoms with van der Waals surface area (Å²) in [6.45, 7) is 5.52. The first kappa shape index (κ1) is 21.8. The van der Waals surface area contributed by atoms with Gasteiger partial charge in [-0.3, -0.25) is 4.90 Å². The quantitative estimate of drug-likeness (QED) is 0.685. The highest BCUT2D eigenvalue weighted by Gasteiger charge is 2.32. The van der Waals surface area contributed by atoms with Gasteiger partial charge in [0, 0.05) is 38.2 Å². The van der Waals surface area contributed by atoms with Crippen LogP contribution >= 0.6 is 0 Å². The third kappa shape index (κ3) is 6.29. The van der Waals surface area contributed by atoms with E-state index in [1.54, 1.807) is 0 Å². The minimum Gasteiger partial charge on any atom is -0.381 e. The number of benzene rings is 2. The van der Waals surface area contributed by atoms with Crippen LogP contribution in [0.15, 0.2) is 60.7 Å². The number of hydrogen-bond donors (Lipinski definition) is 2. The lowest BCUT2D eigenvalue weighted by atomic mass is 9.97. The normalized spacial score (nSPS) is 21.4. The summed E-state index contributed by atoms with van der Waals surface area (Å²) in [5, 5.41) is 6.36. The Kier molecular flexibility index (Phi) is 7.93. The second kappa shape index (κ2) is 11.3. The molecule has 3 atom stereocenters. The van der Waals surface area contributed by atoms with Crippen LogP contribution in [0.4, 0.5) is 4.79 Å². The van der Waals surface area contributed by atoms with E-state index in [1.807, 2.05) is 36.4 Å². The molecule has 6 nitrogen and oxygen atoms in total. The van der Waals surface area contributed by atoms with Crippen molar-refractivity contribution in [2.24, 2.45) is 5.92 Å². The van der Waals surface area contributed by atoms with Crippen LogP contribution in [0.2, 0.25) is 0 Å². The summed E-state index contributed by atoms with van der Waals surface area (Å²) in [5.74, 6) is 0.452. The van der Waals surface area contributed by atoms with Crippen LogP contribution in [-0.4, -0.2) is 63.0 Å². The van der Waals surface area contributed by atoms with Gasteiger partial charge in [0.15, 0.2) is 0 Å². The van der Waals surface area contributed by atoms with Crippen molar-refractivity contribution in [3.63, 3.8) is 0 Å². The molecule has 2 saturated heterocycles. The number of nitrogens with one attached hydrogen (secondary N) is 2. The Labute approximate surface area is 184 Å². The third-order valence-corrected chi connectivity index (χ3v) is 6.29. The molecule has 3 unspecified atom stereocenters. The van der Waals surface area contributed by atoms with Gasteiger partial charge in [0.2, 0.25) is 0 Å². The highest BCUT2D eigenvalue weighted by atomic mass is 16.5. The van der Waals surface area contributed by atoms with Crippen LogP contribution in [0.1, 0.15) is 23.6 Å². The predicted octanol–water partition coefficient (Wildman–Crippen LogP) is 3.01. The SMILES string of the molecule is O=C(NCC(C1CCOC1)N1CCOCC1)NC(Cc1ccccc1)c1ccccc1. The van der Waals surface area contributed by atoms with E-state index in [-0.39, 0.29) is 18.1 Å². The van der Waals surface area contributed by atoms with Crippen LogP contribution in [0.25, 0.3) is 0 Å². The molecule has 31 heavy (non-hydrogen) atoms. The van der Waals surface area contributed by atoms with Gasteiger partial charge in [0.05, 0.1) is 25.9 Å². The second-order valence-electron chi connectivity index (χ2n) is 8.35. The Hall–Kier alpha value is -2.41. The molecule has 0 spiro atoms. The first-order valence-corrected chi connectivity index (χ1v) is 11.3. The summed E-state index contributed by atoms with van der Waals surface area (Å²) in [4.78, 5) is 15.4. The number of carbonyl (C=O) groups is 1. The van der Waals surface area contributed by atoms with E-state index in [9.17, 15) is 4.79 Å². The lowest BCUT2D eigenvalue weighted by Gasteiger charge is -2.37. The third-order valence-electron chi connectivity index (χ3n) is 6.29. The number of nitrogens with zero attached hydrogens (tertiary/aromatic N) is 1. The maximum absolute atomic E-state index is 12.9. The highest BCUT2D eigenvalue weighted by Crippen LogP contribution is 2.22. The van der Waals surface area contributed by atoms with Crippen molar-refractivity contribution in [2.45, 2.75) is 24.9 Å². The number of morpholine rings is 1. The van der Waals surface area contributed by atoms with Gasteiger partial charge >= 0.3 is 6.03 Å². The van der Waals surface area contributed by atoms with E-state index in [1.165, 1.54) is 5.56 Å². The van der Waals surface area contributed by atoms with E-state index in [2.05, 4.69) is 39.8 Å². The molecule has 2 fully saturated rings. The average Bonchev–Trinajstić information content (AvgIpc) is 3.35. The van der Waals surface area contributed by atoms with Crippen molar-refractivity contribution in [2.75, 3.05) is 46.1 Å². The summed E-state index contributed by atoms with van der Waals surface area (Å²) in [7, 11) is 0. The summed E-state index contributed by atoms with van der Waals surface area (Å²) in [5.41, 5.74) is 2.31. The van der Waals surface area contributed by atoms with Gasteiger partial charge in [-0.05, 0) is 24.0 Å². The van der Waals surface area contributed by atoms with Crippen LogP contribution in [0.3, 0.4) is 0 Å². The lowest BCUT2D eigenvalue weighted by molar-refractivity contribution is 0.00211. The average molecular weight is 424 g/mol. The molecule has 0 saturated carbocycles. The molecule has 2 aliphatic rings. The van der Waals surface area contributed by atoms with Crippen LogP contribution in [-0.2, 0) is 15.9 Å². The maximum Gasteiger partial charge on any atom is 0.315 e. The first-order valence-electron chi connectivity index (χ1n) is 11.3. The molecule has 0 aromatic heterocycles. The van der Waals surface area contributed by atoms with Crippen LogP contribution in [0.5, 0.6) is 0 Å². The van der Waals surface area contributed by atoms with E-state index >= 15 is 0 Å². The number of hydrogen-bond acceptors (Lipinski definition) is 4. The molecule has 2 amide bonds. The first-order chi connectivity index (χ1) is 15.3. The van der Waals surface area contributed by atoms with Crippen molar-refractivity contribution in [3.05, 3.63) is 71.8 Å². The molecule has 0 aliphatic carbocycles. The molecular formula is C25H33N3O3. The summed E-state index contributed by atoms with van der Waals surface area (Å²) in [6, 6.07) is 20.5. The van der Waals surface area contributed by atoms with Crippen molar-refractivity contribution < 1.29 is 14.3 Å². The predicted molar refractivity (Wildman–Crippen MR) is 121 cm³/mol. The molecule has 2 heterocycles. The fraction of sp³-hybridized carbons (Fsp3) is 0.480. The monoisotopic (exact) mass is 423 g/mol. The summed E-state index contributed by atoms with van der Waals surface area (Å²) >= 11 is 0. The molecule has 4 rings (SSSR count). The van der Waals surface area contributed by atoms with Gasteiger partial charge in [-0.15, -0.1) is 0 Å². The van der Waals surface area contributed by atoms with E-state index < -0.39 is 0 Å². The smallest absolute Gasteiger partial charge is 0.315 e. The summed E-state index contributed by atoms with van der Waals surface area (Å²) in [6.07, 6.45) is 1.80. The van der Waals surface area contributed by atoms with Gasteiger partial charge in [-0.25, -0.2) is 4.79 Å². The largest absolute Gasteiger partial charge is 0.381 e. The van der Waals surface area contributed by atoms with E-state index in [0.717, 1.165) is 57.9 Å². The van der Waals surface area contributed by atoms with Gasteiger partial charge in [-0.2, -0.15) is 0 Å². The van der Waals surface area contributed by atoms with Gasteiger partial charge < -0.3 is 20.1 Å². The molecule has 2 aliphatic heterocycles. The van der Waals surface area contributed by atoms with Gasteiger partial charge in [0.25, 0.3) is 0 Å². The number of amides is 2. The number of ether oxygens (including phenoxy) is 2. The molecule has 6 heteroatoms. The standard InChI is InChI=1S/C25H33N3O3/c29-25(26-18-24(22-11-14-31-19-22)28-12-15-30-16-13-28)27-23(21-9-5-2-6-10-21)17-20-7-3-1-4-8-20/h1-10,22-24H,11-19H2,(H2,26,27,29).